The Morgan fingerprint density at radius 2 is 2.40 bits per heavy atom. The summed E-state index contributed by atoms with van der Waals surface area (Å²) in [6, 6.07) is 0. The van der Waals surface area contributed by atoms with Crippen LogP contribution in [0.4, 0.5) is 0 Å². The molecular formula is C12H13N5O2S. The molecule has 4 rings (SSSR count). The number of amides is 1. The Morgan fingerprint density at radius 1 is 1.55 bits per heavy atom. The van der Waals surface area contributed by atoms with Crippen molar-refractivity contribution in [2.45, 2.75) is 18.9 Å². The first-order valence-corrected chi connectivity index (χ1v) is 7.24. The van der Waals surface area contributed by atoms with Crippen molar-refractivity contribution in [1.82, 2.24) is 25.1 Å². The number of H-pyrrole nitrogens is 1. The lowest BCUT2D eigenvalue weighted by Crippen LogP contribution is -2.72. The van der Waals surface area contributed by atoms with E-state index in [0.717, 1.165) is 18.7 Å². The van der Waals surface area contributed by atoms with Gasteiger partial charge >= 0.3 is 0 Å². The maximum absolute atomic E-state index is 12.6. The Balaban J connectivity index is 1.64. The highest BCUT2D eigenvalue weighted by Crippen LogP contribution is 2.39. The average molecular weight is 291 g/mol. The molecule has 20 heavy (non-hydrogen) atoms. The third-order valence-electron chi connectivity index (χ3n) is 3.97. The van der Waals surface area contributed by atoms with Gasteiger partial charge in [0.15, 0.2) is 10.8 Å². The first-order valence-electron chi connectivity index (χ1n) is 6.42. The average Bonchev–Trinajstić information content (AvgIpc) is 2.93. The summed E-state index contributed by atoms with van der Waals surface area (Å²) in [6.07, 6.45) is 2.47. The molecule has 2 aromatic rings. The number of carbonyl (C=O) groups excluding carboxylic acids is 1. The molecule has 1 spiro atoms. The van der Waals surface area contributed by atoms with Gasteiger partial charge in [-0.1, -0.05) is 0 Å². The SMILES string of the molecule is Cc1nc(-c2ncn[nH]2)sc1C(=O)N1CCC12COC2. The molecule has 0 aliphatic carbocycles. The van der Waals surface area contributed by atoms with Crippen molar-refractivity contribution in [3.05, 3.63) is 16.9 Å². The van der Waals surface area contributed by atoms with Crippen LogP contribution in [0.3, 0.4) is 0 Å². The van der Waals surface area contributed by atoms with E-state index >= 15 is 0 Å². The Morgan fingerprint density at radius 3 is 2.95 bits per heavy atom. The fourth-order valence-corrected chi connectivity index (χ4v) is 3.58. The number of carbonyl (C=O) groups is 1. The van der Waals surface area contributed by atoms with E-state index in [1.165, 1.54) is 17.7 Å². The van der Waals surface area contributed by atoms with Crippen molar-refractivity contribution in [3.8, 4) is 10.8 Å². The van der Waals surface area contributed by atoms with Crippen LogP contribution in [0.25, 0.3) is 10.8 Å². The minimum atomic E-state index is -0.0418. The maximum atomic E-state index is 12.6. The minimum absolute atomic E-state index is 0.0418. The van der Waals surface area contributed by atoms with E-state index in [4.69, 9.17) is 4.74 Å². The quantitative estimate of drug-likeness (QED) is 0.887. The summed E-state index contributed by atoms with van der Waals surface area (Å²) in [4.78, 5) is 23.7. The lowest BCUT2D eigenvalue weighted by molar-refractivity contribution is -0.172. The first-order chi connectivity index (χ1) is 9.70. The van der Waals surface area contributed by atoms with Crippen LogP contribution in [0.15, 0.2) is 6.33 Å². The standard InChI is InChI=1S/C12H13N5O2S/c1-7-8(20-10(15-7)9-13-6-14-16-9)11(18)17-3-2-12(17)4-19-5-12/h6H,2-5H2,1H3,(H,13,14,16). The third kappa shape index (κ3) is 1.55. The highest BCUT2D eigenvalue weighted by atomic mass is 32.1. The fourth-order valence-electron chi connectivity index (χ4n) is 2.62. The molecule has 2 aliphatic rings. The molecular weight excluding hydrogens is 278 g/mol. The molecule has 104 valence electrons. The molecule has 0 radical (unpaired) electrons. The molecule has 8 heteroatoms. The second-order valence-corrected chi connectivity index (χ2v) is 6.19. The van der Waals surface area contributed by atoms with E-state index in [-0.39, 0.29) is 11.4 Å². The van der Waals surface area contributed by atoms with E-state index in [0.29, 0.717) is 28.9 Å². The number of hydrogen-bond donors (Lipinski definition) is 1. The summed E-state index contributed by atoms with van der Waals surface area (Å²) < 4.78 is 5.26. The number of thiazole rings is 1. The lowest BCUT2D eigenvalue weighted by Gasteiger charge is -2.57. The van der Waals surface area contributed by atoms with Crippen LogP contribution in [-0.4, -0.2) is 56.3 Å². The number of aryl methyl sites for hydroxylation is 1. The number of hydrogen-bond acceptors (Lipinski definition) is 6. The van der Waals surface area contributed by atoms with Gasteiger partial charge in [-0.15, -0.1) is 11.3 Å². The highest BCUT2D eigenvalue weighted by Gasteiger charge is 2.53. The summed E-state index contributed by atoms with van der Waals surface area (Å²) in [5.41, 5.74) is 0.702. The molecule has 2 aliphatic heterocycles. The van der Waals surface area contributed by atoms with Gasteiger partial charge in [0.05, 0.1) is 24.4 Å². The number of aromatic nitrogens is 4. The van der Waals surface area contributed by atoms with Gasteiger partial charge in [0.1, 0.15) is 11.2 Å². The van der Waals surface area contributed by atoms with Crippen LogP contribution in [0.1, 0.15) is 21.8 Å². The van der Waals surface area contributed by atoms with Crippen molar-refractivity contribution >= 4 is 17.2 Å². The highest BCUT2D eigenvalue weighted by molar-refractivity contribution is 7.17. The van der Waals surface area contributed by atoms with E-state index in [1.807, 2.05) is 11.8 Å². The van der Waals surface area contributed by atoms with Crippen molar-refractivity contribution in [2.24, 2.45) is 0 Å². The Bertz CT molecular complexity index is 656. The van der Waals surface area contributed by atoms with Gasteiger partial charge in [-0.25, -0.2) is 9.97 Å². The van der Waals surface area contributed by atoms with Gasteiger partial charge < -0.3 is 9.64 Å². The number of nitrogens with zero attached hydrogens (tertiary/aromatic N) is 4. The molecule has 0 unspecified atom stereocenters. The molecule has 2 saturated heterocycles. The van der Waals surface area contributed by atoms with E-state index < -0.39 is 0 Å². The molecule has 7 nitrogen and oxygen atoms in total. The Hall–Kier alpha value is -1.80. The van der Waals surface area contributed by atoms with E-state index in [9.17, 15) is 4.79 Å². The Labute approximate surface area is 119 Å². The molecule has 0 aromatic carbocycles. The summed E-state index contributed by atoms with van der Waals surface area (Å²) >= 11 is 1.36. The van der Waals surface area contributed by atoms with Crippen molar-refractivity contribution in [2.75, 3.05) is 19.8 Å². The fraction of sp³-hybridized carbons (Fsp3) is 0.500. The van der Waals surface area contributed by atoms with Crippen LogP contribution in [0.5, 0.6) is 0 Å². The predicted octanol–water partition coefficient (Wildman–Crippen LogP) is 0.852. The molecule has 0 atom stereocenters. The molecule has 2 aromatic heterocycles. The lowest BCUT2D eigenvalue weighted by atomic mass is 9.82. The zero-order valence-electron chi connectivity index (χ0n) is 10.9. The number of aromatic amines is 1. The Kier molecular flexibility index (Phi) is 2.45. The molecule has 4 heterocycles. The molecule has 0 bridgehead atoms. The van der Waals surface area contributed by atoms with Crippen LogP contribution in [0, 0.1) is 6.92 Å². The second-order valence-electron chi connectivity index (χ2n) is 5.19. The van der Waals surface area contributed by atoms with Gasteiger partial charge in [0.2, 0.25) is 0 Å². The number of nitrogens with one attached hydrogen (secondary N) is 1. The smallest absolute Gasteiger partial charge is 0.266 e. The minimum Gasteiger partial charge on any atom is -0.376 e. The number of likely N-dealkylation sites (tertiary alicyclic amines) is 1. The first kappa shape index (κ1) is 12.0. The largest absolute Gasteiger partial charge is 0.376 e. The van der Waals surface area contributed by atoms with E-state index in [2.05, 4.69) is 20.2 Å². The van der Waals surface area contributed by atoms with Crippen molar-refractivity contribution < 1.29 is 9.53 Å². The summed E-state index contributed by atoms with van der Waals surface area (Å²) in [5.74, 6) is 0.655. The molecule has 1 N–H and O–H groups in total. The van der Waals surface area contributed by atoms with Crippen molar-refractivity contribution in [3.63, 3.8) is 0 Å². The number of rotatable bonds is 2. The van der Waals surface area contributed by atoms with Gasteiger partial charge in [0, 0.05) is 6.54 Å². The van der Waals surface area contributed by atoms with Gasteiger partial charge in [-0.05, 0) is 13.3 Å². The second kappa shape index (κ2) is 4.10. The van der Waals surface area contributed by atoms with Crippen molar-refractivity contribution in [1.29, 1.82) is 0 Å². The topological polar surface area (TPSA) is 84.0 Å². The summed E-state index contributed by atoms with van der Waals surface area (Å²) in [5, 5.41) is 7.28. The molecule has 0 saturated carbocycles. The third-order valence-corrected chi connectivity index (χ3v) is 5.12. The monoisotopic (exact) mass is 291 g/mol. The normalized spacial score (nSPS) is 19.8. The number of ether oxygens (including phenoxy) is 1. The zero-order chi connectivity index (χ0) is 13.7. The maximum Gasteiger partial charge on any atom is 0.266 e. The van der Waals surface area contributed by atoms with E-state index in [1.54, 1.807) is 0 Å². The van der Waals surface area contributed by atoms with Gasteiger partial charge in [-0.3, -0.25) is 9.89 Å². The zero-order valence-corrected chi connectivity index (χ0v) is 11.7. The summed E-state index contributed by atoms with van der Waals surface area (Å²) in [7, 11) is 0. The van der Waals surface area contributed by atoms with Gasteiger partial charge in [-0.2, -0.15) is 5.10 Å². The van der Waals surface area contributed by atoms with Crippen LogP contribution >= 0.6 is 11.3 Å². The van der Waals surface area contributed by atoms with Crippen LogP contribution in [0.2, 0.25) is 0 Å². The molecule has 2 fully saturated rings. The summed E-state index contributed by atoms with van der Waals surface area (Å²) in [6.45, 7) is 3.97. The van der Waals surface area contributed by atoms with Crippen LogP contribution in [-0.2, 0) is 4.74 Å². The predicted molar refractivity (Wildman–Crippen MR) is 71.4 cm³/mol. The van der Waals surface area contributed by atoms with Crippen LogP contribution < -0.4 is 0 Å². The van der Waals surface area contributed by atoms with Gasteiger partial charge in [0.25, 0.3) is 5.91 Å². The molecule has 1 amide bonds.